The molecule has 1 aromatic carbocycles. The molecule has 2 aromatic rings. The molecule has 2 fully saturated rings. The number of primary amides is 1. The third-order valence-corrected chi connectivity index (χ3v) is 7.28. The van der Waals surface area contributed by atoms with Crippen molar-refractivity contribution in [1.29, 1.82) is 0 Å². The van der Waals surface area contributed by atoms with Gasteiger partial charge in [0.1, 0.15) is 5.82 Å². The Hall–Kier alpha value is -2.60. The number of nitrogens with zero attached hydrogens (tertiary/aromatic N) is 2. The van der Waals surface area contributed by atoms with Crippen LogP contribution in [0.5, 0.6) is 0 Å². The summed E-state index contributed by atoms with van der Waals surface area (Å²) in [5.41, 5.74) is 7.58. The van der Waals surface area contributed by atoms with Gasteiger partial charge in [0, 0.05) is 23.6 Å². The number of likely N-dealkylation sites (tertiary alicyclic amines) is 1. The highest BCUT2D eigenvalue weighted by molar-refractivity contribution is 5.97. The average molecular weight is 438 g/mol. The fourth-order valence-electron chi connectivity index (χ4n) is 5.31. The summed E-state index contributed by atoms with van der Waals surface area (Å²) in [7, 11) is 0. The Morgan fingerprint density at radius 1 is 1.00 bits per heavy atom. The first-order chi connectivity index (χ1) is 15.5. The Kier molecular flexibility index (Phi) is 7.30. The van der Waals surface area contributed by atoms with Crippen LogP contribution in [0.2, 0.25) is 0 Å². The Bertz CT molecular complexity index is 930. The van der Waals surface area contributed by atoms with Crippen LogP contribution in [0.1, 0.15) is 77.3 Å². The van der Waals surface area contributed by atoms with Crippen LogP contribution >= 0.6 is 0 Å². The number of piperidine rings is 1. The van der Waals surface area contributed by atoms with Crippen molar-refractivity contribution in [3.63, 3.8) is 0 Å². The van der Waals surface area contributed by atoms with E-state index >= 15 is 0 Å². The number of carbonyl (C=O) groups is 2. The summed E-state index contributed by atoms with van der Waals surface area (Å²) in [6, 6.07) is 9.46. The van der Waals surface area contributed by atoms with Gasteiger partial charge in [-0.2, -0.15) is 0 Å². The minimum atomic E-state index is -0.392. The number of aromatic nitrogens is 1. The molecular weight excluding hydrogens is 405 g/mol. The Balaban J connectivity index is 1.20. The van der Waals surface area contributed by atoms with Crippen LogP contribution in [0, 0.1) is 17.7 Å². The molecule has 2 heterocycles. The number of hydrogen-bond acceptors (Lipinski definition) is 4. The molecule has 1 aliphatic heterocycles. The number of ketones is 1. The molecule has 6 heteroatoms. The van der Waals surface area contributed by atoms with Gasteiger partial charge >= 0.3 is 0 Å². The van der Waals surface area contributed by atoms with Crippen LogP contribution in [0.15, 0.2) is 42.6 Å². The Morgan fingerprint density at radius 2 is 1.69 bits per heavy atom. The summed E-state index contributed by atoms with van der Waals surface area (Å²) in [6.07, 6.45) is 9.08. The number of amides is 1. The Labute approximate surface area is 189 Å². The molecule has 4 rings (SSSR count). The van der Waals surface area contributed by atoms with Gasteiger partial charge in [-0.15, -0.1) is 0 Å². The summed E-state index contributed by atoms with van der Waals surface area (Å²) < 4.78 is 13.1. The second-order valence-electron chi connectivity index (χ2n) is 9.29. The third-order valence-electron chi connectivity index (χ3n) is 7.28. The van der Waals surface area contributed by atoms with E-state index in [1.165, 1.54) is 18.6 Å². The standard InChI is InChI=1S/C26H32FN3O2/c27-22-9-7-20(8-10-22)25(31)21-12-16-30(17-13-21)15-11-18-3-5-19(6-4-18)24-23(26(28)32)2-1-14-29-24/h1-2,7-10,14,18-19,21H,3-6,11-13,15-17H2,(H2,28,32). The van der Waals surface area contributed by atoms with E-state index in [9.17, 15) is 14.0 Å². The van der Waals surface area contributed by atoms with Gasteiger partial charge in [0.2, 0.25) is 0 Å². The van der Waals surface area contributed by atoms with Crippen molar-refractivity contribution in [2.24, 2.45) is 17.6 Å². The first kappa shape index (κ1) is 22.6. The number of benzene rings is 1. The topological polar surface area (TPSA) is 76.3 Å². The third kappa shape index (κ3) is 5.41. The number of Topliss-reactive ketones (excluding diaryl/α,β-unsaturated/α-hetero) is 1. The van der Waals surface area contributed by atoms with Crippen LogP contribution in [-0.4, -0.2) is 41.2 Å². The predicted molar refractivity (Wildman–Crippen MR) is 122 cm³/mol. The fraction of sp³-hybridized carbons (Fsp3) is 0.500. The van der Waals surface area contributed by atoms with E-state index in [0.717, 1.165) is 63.9 Å². The number of rotatable bonds is 7. The van der Waals surface area contributed by atoms with E-state index in [4.69, 9.17) is 5.73 Å². The molecule has 5 nitrogen and oxygen atoms in total. The van der Waals surface area contributed by atoms with Crippen molar-refractivity contribution in [2.45, 2.75) is 50.9 Å². The molecule has 0 atom stereocenters. The number of halogens is 1. The van der Waals surface area contributed by atoms with Gasteiger partial charge in [0.05, 0.1) is 11.3 Å². The highest BCUT2D eigenvalue weighted by atomic mass is 19.1. The number of nitrogens with two attached hydrogens (primary N) is 1. The molecule has 1 saturated carbocycles. The minimum absolute atomic E-state index is 0.0463. The second kappa shape index (κ2) is 10.3. The van der Waals surface area contributed by atoms with Crippen LogP contribution in [0.25, 0.3) is 0 Å². The monoisotopic (exact) mass is 437 g/mol. The summed E-state index contributed by atoms with van der Waals surface area (Å²) in [6.45, 7) is 2.97. The van der Waals surface area contributed by atoms with Crippen molar-refractivity contribution in [3.05, 3.63) is 65.2 Å². The lowest BCUT2D eigenvalue weighted by molar-refractivity contribution is 0.0832. The molecule has 0 bridgehead atoms. The summed E-state index contributed by atoms with van der Waals surface area (Å²) in [5.74, 6) is 0.516. The van der Waals surface area contributed by atoms with Crippen LogP contribution in [0.4, 0.5) is 4.39 Å². The van der Waals surface area contributed by atoms with Crippen molar-refractivity contribution in [2.75, 3.05) is 19.6 Å². The molecular formula is C26H32FN3O2. The lowest BCUT2D eigenvalue weighted by atomic mass is 9.78. The first-order valence-electron chi connectivity index (χ1n) is 11.8. The van der Waals surface area contributed by atoms with Crippen LogP contribution < -0.4 is 5.73 Å². The van der Waals surface area contributed by atoms with Gasteiger partial charge in [0.25, 0.3) is 5.91 Å². The number of pyridine rings is 1. The molecule has 1 amide bonds. The smallest absolute Gasteiger partial charge is 0.250 e. The van der Waals surface area contributed by atoms with Crippen molar-refractivity contribution in [3.8, 4) is 0 Å². The number of carbonyl (C=O) groups excluding carboxylic acids is 2. The molecule has 2 aliphatic rings. The molecule has 0 unspecified atom stereocenters. The van der Waals surface area contributed by atoms with Crippen molar-refractivity contribution < 1.29 is 14.0 Å². The van der Waals surface area contributed by atoms with E-state index < -0.39 is 5.91 Å². The maximum Gasteiger partial charge on any atom is 0.250 e. The van der Waals surface area contributed by atoms with E-state index in [1.807, 2.05) is 0 Å². The summed E-state index contributed by atoms with van der Waals surface area (Å²) in [5, 5.41) is 0. The number of hydrogen-bond donors (Lipinski definition) is 1. The maximum absolute atomic E-state index is 13.1. The zero-order valence-corrected chi connectivity index (χ0v) is 18.5. The molecule has 170 valence electrons. The van der Waals surface area contributed by atoms with Gasteiger partial charge < -0.3 is 10.6 Å². The first-order valence-corrected chi connectivity index (χ1v) is 11.8. The summed E-state index contributed by atoms with van der Waals surface area (Å²) in [4.78, 5) is 31.3. The average Bonchev–Trinajstić information content (AvgIpc) is 2.83. The van der Waals surface area contributed by atoms with Crippen molar-refractivity contribution >= 4 is 11.7 Å². The molecule has 2 N–H and O–H groups in total. The zero-order valence-electron chi connectivity index (χ0n) is 18.5. The highest BCUT2D eigenvalue weighted by Gasteiger charge is 2.28. The van der Waals surface area contributed by atoms with Gasteiger partial charge in [-0.05, 0) is 107 Å². The minimum Gasteiger partial charge on any atom is -0.366 e. The Morgan fingerprint density at radius 3 is 2.34 bits per heavy atom. The molecule has 1 saturated heterocycles. The molecule has 1 aromatic heterocycles. The van der Waals surface area contributed by atoms with Crippen LogP contribution in [0.3, 0.4) is 0 Å². The molecule has 0 spiro atoms. The van der Waals surface area contributed by atoms with Gasteiger partial charge in [-0.1, -0.05) is 0 Å². The van der Waals surface area contributed by atoms with Gasteiger partial charge in [0.15, 0.2) is 5.78 Å². The predicted octanol–water partition coefficient (Wildman–Crippen LogP) is 4.58. The quantitative estimate of drug-likeness (QED) is 0.644. The lowest BCUT2D eigenvalue weighted by Crippen LogP contribution is -2.37. The zero-order chi connectivity index (χ0) is 22.5. The van der Waals surface area contributed by atoms with Gasteiger partial charge in [-0.3, -0.25) is 14.6 Å². The van der Waals surface area contributed by atoms with E-state index in [0.29, 0.717) is 23.0 Å². The van der Waals surface area contributed by atoms with E-state index in [-0.39, 0.29) is 17.5 Å². The second-order valence-corrected chi connectivity index (χ2v) is 9.29. The molecule has 0 radical (unpaired) electrons. The summed E-state index contributed by atoms with van der Waals surface area (Å²) >= 11 is 0. The van der Waals surface area contributed by atoms with E-state index in [2.05, 4.69) is 9.88 Å². The van der Waals surface area contributed by atoms with Gasteiger partial charge in [-0.25, -0.2) is 4.39 Å². The largest absolute Gasteiger partial charge is 0.366 e. The maximum atomic E-state index is 13.1. The SMILES string of the molecule is NC(=O)c1cccnc1C1CCC(CCN2CCC(C(=O)c3ccc(F)cc3)CC2)CC1. The normalized spacial score (nSPS) is 22.5. The molecule has 32 heavy (non-hydrogen) atoms. The lowest BCUT2D eigenvalue weighted by Gasteiger charge is -2.34. The molecule has 1 aliphatic carbocycles. The van der Waals surface area contributed by atoms with E-state index in [1.54, 1.807) is 30.5 Å². The van der Waals surface area contributed by atoms with Crippen LogP contribution in [-0.2, 0) is 0 Å². The van der Waals surface area contributed by atoms with Crippen molar-refractivity contribution in [1.82, 2.24) is 9.88 Å². The highest BCUT2D eigenvalue weighted by Crippen LogP contribution is 2.37. The fourth-order valence-corrected chi connectivity index (χ4v) is 5.31.